The monoisotopic (exact) mass is 802 g/mol. The minimum atomic E-state index is -3.70. The summed E-state index contributed by atoms with van der Waals surface area (Å²) in [5.74, 6) is 0.316. The first-order valence-electron chi connectivity index (χ1n) is 14.7. The summed E-state index contributed by atoms with van der Waals surface area (Å²) in [5.41, 5.74) is 0.643. The molecule has 17 nitrogen and oxygen atoms in total. The van der Waals surface area contributed by atoms with Crippen LogP contribution in [0.5, 0.6) is 0 Å². The normalized spacial score (nSPS) is 15.8. The van der Waals surface area contributed by atoms with E-state index in [1.54, 1.807) is 6.08 Å². The zero-order chi connectivity index (χ0) is 35.4. The van der Waals surface area contributed by atoms with Crippen molar-refractivity contribution in [2.24, 2.45) is 0 Å². The van der Waals surface area contributed by atoms with Crippen LogP contribution < -0.4 is 10.2 Å². The van der Waals surface area contributed by atoms with Crippen molar-refractivity contribution in [2.45, 2.75) is 13.0 Å². The van der Waals surface area contributed by atoms with Crippen LogP contribution in [0.3, 0.4) is 0 Å². The summed E-state index contributed by atoms with van der Waals surface area (Å²) in [6.45, 7) is 1.41. The van der Waals surface area contributed by atoms with Crippen LogP contribution in [0.2, 0.25) is 0 Å². The van der Waals surface area contributed by atoms with E-state index in [0.717, 1.165) is 0 Å². The Hall–Kier alpha value is -1.14. The molecule has 0 spiro atoms. The minimum Gasteiger partial charge on any atom is -0.403 e. The van der Waals surface area contributed by atoms with Gasteiger partial charge in [0.25, 0.3) is 0 Å². The number of nitro groups is 2. The fourth-order valence-electron chi connectivity index (χ4n) is 4.09. The molecule has 0 saturated carbocycles. The Bertz CT molecular complexity index is 1300. The van der Waals surface area contributed by atoms with E-state index in [1.807, 2.05) is 0 Å². The van der Waals surface area contributed by atoms with Gasteiger partial charge in [-0.3, -0.25) is 33.9 Å². The summed E-state index contributed by atoms with van der Waals surface area (Å²) in [7, 11) is -7.32. The maximum Gasteiger partial charge on any atom is 0.433 e. The first-order chi connectivity index (χ1) is 23.0. The average Bonchev–Trinajstić information content (AvgIpc) is 3.74. The van der Waals surface area contributed by atoms with Crippen LogP contribution >= 0.6 is 61.7 Å². The summed E-state index contributed by atoms with van der Waals surface area (Å²) in [6, 6.07) is 2.53. The number of ether oxygens (including phenoxy) is 2. The van der Waals surface area contributed by atoms with Crippen molar-refractivity contribution in [1.29, 1.82) is 0 Å². The van der Waals surface area contributed by atoms with E-state index in [1.165, 1.54) is 27.5 Å². The van der Waals surface area contributed by atoms with Crippen molar-refractivity contribution in [1.82, 2.24) is 19.5 Å². The van der Waals surface area contributed by atoms with Gasteiger partial charge in [-0.1, -0.05) is 6.08 Å². The molecule has 1 aromatic heterocycles. The maximum absolute atomic E-state index is 13.8. The Morgan fingerprint density at radius 2 is 1.25 bits per heavy atom. The lowest BCUT2D eigenvalue weighted by Crippen LogP contribution is -2.34. The van der Waals surface area contributed by atoms with E-state index in [9.17, 15) is 29.4 Å². The van der Waals surface area contributed by atoms with Crippen LogP contribution in [0.1, 0.15) is 12.2 Å². The van der Waals surface area contributed by atoms with Gasteiger partial charge in [-0.15, -0.1) is 46.4 Å². The predicted molar refractivity (Wildman–Crippen MR) is 183 cm³/mol. The number of allylic oxidation sites excluding steroid dienone is 3. The molecule has 1 aliphatic rings. The van der Waals surface area contributed by atoms with E-state index >= 15 is 0 Å². The summed E-state index contributed by atoms with van der Waals surface area (Å²) in [4.78, 5) is 20.7. The highest BCUT2D eigenvalue weighted by molar-refractivity contribution is 7.54. The predicted octanol–water partition coefficient (Wildman–Crippen LogP) is 5.20. The van der Waals surface area contributed by atoms with Gasteiger partial charge in [-0.25, -0.2) is 19.5 Å². The fraction of sp³-hybridized carbons (Fsp3) is 0.680. The highest BCUT2D eigenvalue weighted by atomic mass is 35.5. The van der Waals surface area contributed by atoms with Gasteiger partial charge in [0.2, 0.25) is 5.70 Å². The van der Waals surface area contributed by atoms with Crippen molar-refractivity contribution < 1.29 is 41.9 Å². The second kappa shape index (κ2) is 23.4. The quantitative estimate of drug-likeness (QED) is 0.0352. The van der Waals surface area contributed by atoms with Crippen LogP contribution in [0, 0.1) is 20.2 Å². The third-order valence-corrected chi connectivity index (χ3v) is 11.6. The number of alkyl halides is 4. The molecule has 48 heavy (non-hydrogen) atoms. The number of rotatable bonds is 29. The molecular formula is C25H40Cl4N6O11P2. The van der Waals surface area contributed by atoms with Crippen molar-refractivity contribution >= 4 is 67.6 Å². The topological polar surface area (TPSA) is 201 Å². The van der Waals surface area contributed by atoms with E-state index in [0.29, 0.717) is 5.57 Å². The number of furan rings is 1. The summed E-state index contributed by atoms with van der Waals surface area (Å²) >= 11 is 23.6. The fourth-order valence-corrected chi connectivity index (χ4v) is 9.13. The van der Waals surface area contributed by atoms with Gasteiger partial charge in [0.1, 0.15) is 17.3 Å². The van der Waals surface area contributed by atoms with Gasteiger partial charge in [0.05, 0.1) is 50.4 Å². The Labute approximate surface area is 298 Å². The smallest absolute Gasteiger partial charge is 0.403 e. The van der Waals surface area contributed by atoms with Gasteiger partial charge in [0, 0.05) is 68.9 Å². The SMILES string of the molecule is O=[N+]([O-])C1=CC=C(COP(=O)(NCCOCCOCCNP(=O)(OCc2ccc([N+](=O)[O-])o2)N(CCCl)CCCl)N(CCCl)CCCl)C1. The molecule has 1 aliphatic carbocycles. The molecule has 1 aromatic rings. The number of halogens is 4. The van der Waals surface area contributed by atoms with Crippen LogP contribution in [0.25, 0.3) is 0 Å². The minimum absolute atomic E-state index is 0.0308. The van der Waals surface area contributed by atoms with Crippen LogP contribution in [0.15, 0.2) is 40.0 Å². The molecule has 2 rings (SSSR count). The highest BCUT2D eigenvalue weighted by Crippen LogP contribution is 2.48. The molecule has 2 atom stereocenters. The molecule has 1 heterocycles. The lowest BCUT2D eigenvalue weighted by atomic mass is 10.2. The van der Waals surface area contributed by atoms with Crippen molar-refractivity contribution in [3.8, 4) is 0 Å². The zero-order valence-corrected chi connectivity index (χ0v) is 30.8. The van der Waals surface area contributed by atoms with Crippen molar-refractivity contribution in [3.63, 3.8) is 0 Å². The molecule has 0 saturated heterocycles. The van der Waals surface area contributed by atoms with Crippen LogP contribution in [0.4, 0.5) is 5.88 Å². The Morgan fingerprint density at radius 1 is 0.750 bits per heavy atom. The summed E-state index contributed by atoms with van der Waals surface area (Å²) in [6.07, 6.45) is 3.06. The van der Waals surface area contributed by atoms with E-state index < -0.39 is 31.1 Å². The summed E-state index contributed by atoms with van der Waals surface area (Å²) < 4.78 is 58.1. The van der Waals surface area contributed by atoms with Gasteiger partial charge >= 0.3 is 21.2 Å². The van der Waals surface area contributed by atoms with E-state index in [4.69, 9.17) is 69.3 Å². The number of hydrogen-bond donors (Lipinski definition) is 2. The largest absolute Gasteiger partial charge is 0.433 e. The maximum atomic E-state index is 13.8. The number of nitrogens with zero attached hydrogens (tertiary/aromatic N) is 4. The third-order valence-electron chi connectivity index (χ3n) is 6.39. The van der Waals surface area contributed by atoms with Crippen molar-refractivity contribution in [2.75, 3.05) is 95.8 Å². The Morgan fingerprint density at radius 3 is 1.67 bits per heavy atom. The average molecular weight is 804 g/mol. The van der Waals surface area contributed by atoms with Gasteiger partial charge < -0.3 is 18.4 Å². The molecule has 2 N–H and O–H groups in total. The molecule has 23 heteroatoms. The molecule has 0 aliphatic heterocycles. The van der Waals surface area contributed by atoms with Gasteiger partial charge in [-0.05, 0) is 11.6 Å². The van der Waals surface area contributed by atoms with Crippen LogP contribution in [-0.4, -0.2) is 115 Å². The summed E-state index contributed by atoms with van der Waals surface area (Å²) in [5, 5.41) is 27.6. The third kappa shape index (κ3) is 15.0. The molecule has 0 radical (unpaired) electrons. The standard InChI is InChI=1S/C25H40Cl4N6O11P2/c26-5-11-32(12-6-27)47(40,44-20-22-1-2-23(19-22)34(36)37)30-9-15-42-17-18-43-16-10-31-48(41,33(13-7-28)14-8-29)45-21-24-3-4-25(46-24)35(38)39/h1-4H,5-21H2,(H,30,40)(H,31,41). The lowest BCUT2D eigenvalue weighted by molar-refractivity contribution is -0.426. The lowest BCUT2D eigenvalue weighted by Gasteiger charge is -2.30. The number of nitrogens with one attached hydrogen (secondary N) is 2. The molecule has 0 aromatic carbocycles. The molecule has 0 amide bonds. The molecule has 2 unspecified atom stereocenters. The molecule has 274 valence electrons. The second-order valence-corrected chi connectivity index (χ2v) is 15.6. The van der Waals surface area contributed by atoms with E-state index in [2.05, 4.69) is 10.2 Å². The zero-order valence-electron chi connectivity index (χ0n) is 26.0. The molecule has 0 bridgehead atoms. The molecular weight excluding hydrogens is 764 g/mol. The highest BCUT2D eigenvalue weighted by Gasteiger charge is 2.33. The van der Waals surface area contributed by atoms with Crippen LogP contribution in [-0.2, 0) is 34.3 Å². The Kier molecular flexibility index (Phi) is 20.9. The number of hydrogen-bond acceptors (Lipinski definition) is 11. The van der Waals surface area contributed by atoms with E-state index in [-0.39, 0.29) is 120 Å². The van der Waals surface area contributed by atoms with Gasteiger partial charge in [0.15, 0.2) is 0 Å². The van der Waals surface area contributed by atoms with Crippen molar-refractivity contribution in [3.05, 3.63) is 61.5 Å². The first kappa shape index (κ1) is 43.0. The second-order valence-electron chi connectivity index (χ2n) is 9.71. The molecule has 0 fully saturated rings. The van der Waals surface area contributed by atoms with Gasteiger partial charge in [-0.2, -0.15) is 0 Å². The Balaban J connectivity index is 1.78. The first-order valence-corrected chi connectivity index (χ1v) is 20.0.